The molecule has 0 aliphatic heterocycles. The number of hydrogen-bond donors (Lipinski definition) is 1. The summed E-state index contributed by atoms with van der Waals surface area (Å²) in [6.07, 6.45) is 1.70. The van der Waals surface area contributed by atoms with Crippen molar-refractivity contribution in [2.45, 2.75) is 19.9 Å². The van der Waals surface area contributed by atoms with Crippen molar-refractivity contribution in [3.8, 4) is 0 Å². The van der Waals surface area contributed by atoms with Gasteiger partial charge in [0, 0.05) is 16.1 Å². The smallest absolute Gasteiger partial charge is 0.251 e. The van der Waals surface area contributed by atoms with Crippen LogP contribution in [0.25, 0.3) is 0 Å². The van der Waals surface area contributed by atoms with Crippen molar-refractivity contribution in [3.05, 3.63) is 46.5 Å². The molecule has 1 unspecified atom stereocenters. The van der Waals surface area contributed by atoms with Crippen LogP contribution in [-0.2, 0) is 0 Å². The van der Waals surface area contributed by atoms with Crippen LogP contribution >= 0.6 is 15.9 Å². The van der Waals surface area contributed by atoms with Gasteiger partial charge < -0.3 is 5.32 Å². The first-order chi connectivity index (χ1) is 7.04. The predicted octanol–water partition coefficient (Wildman–Crippen LogP) is 3.06. The average Bonchev–Trinajstić information content (AvgIpc) is 2.21. The molecular formula is C12H14BrNO. The van der Waals surface area contributed by atoms with E-state index in [2.05, 4.69) is 27.8 Å². The predicted molar refractivity (Wildman–Crippen MR) is 66.0 cm³/mol. The summed E-state index contributed by atoms with van der Waals surface area (Å²) >= 11 is 3.40. The van der Waals surface area contributed by atoms with Crippen molar-refractivity contribution in [2.24, 2.45) is 0 Å². The summed E-state index contributed by atoms with van der Waals surface area (Å²) in [4.78, 5) is 11.7. The first-order valence-corrected chi connectivity index (χ1v) is 5.53. The molecule has 1 aromatic carbocycles. The van der Waals surface area contributed by atoms with Gasteiger partial charge in [0.2, 0.25) is 0 Å². The number of nitrogens with one attached hydrogen (secondary N) is 1. The van der Waals surface area contributed by atoms with Crippen molar-refractivity contribution in [1.29, 1.82) is 0 Å². The number of carbonyl (C=O) groups excluding carboxylic acids is 1. The van der Waals surface area contributed by atoms with Gasteiger partial charge in [0.1, 0.15) is 0 Å². The quantitative estimate of drug-likeness (QED) is 0.839. The van der Waals surface area contributed by atoms with Crippen LogP contribution in [0.4, 0.5) is 0 Å². The molecular weight excluding hydrogens is 254 g/mol. The Morgan fingerprint density at radius 2 is 2.27 bits per heavy atom. The zero-order valence-electron chi connectivity index (χ0n) is 8.88. The Kier molecular flexibility index (Phi) is 4.09. The zero-order chi connectivity index (χ0) is 11.4. The molecule has 1 amide bonds. The second-order valence-corrected chi connectivity index (χ2v) is 4.32. The highest BCUT2D eigenvalue weighted by molar-refractivity contribution is 9.10. The van der Waals surface area contributed by atoms with E-state index in [0.717, 1.165) is 10.0 Å². The minimum atomic E-state index is -0.0713. The minimum Gasteiger partial charge on any atom is -0.346 e. The topological polar surface area (TPSA) is 29.1 Å². The molecule has 2 nitrogen and oxygen atoms in total. The van der Waals surface area contributed by atoms with Crippen LogP contribution in [0.2, 0.25) is 0 Å². The van der Waals surface area contributed by atoms with Crippen LogP contribution in [0.3, 0.4) is 0 Å². The molecule has 0 heterocycles. The van der Waals surface area contributed by atoms with Crippen molar-refractivity contribution in [3.63, 3.8) is 0 Å². The summed E-state index contributed by atoms with van der Waals surface area (Å²) in [5.41, 5.74) is 1.72. The molecule has 1 N–H and O–H groups in total. The maximum atomic E-state index is 11.7. The summed E-state index contributed by atoms with van der Waals surface area (Å²) in [6, 6.07) is 5.52. The highest BCUT2D eigenvalue weighted by Crippen LogP contribution is 2.17. The van der Waals surface area contributed by atoms with E-state index in [9.17, 15) is 4.79 Å². The Balaban J connectivity index is 2.83. The molecule has 0 bridgehead atoms. The summed E-state index contributed by atoms with van der Waals surface area (Å²) in [6.45, 7) is 7.46. The van der Waals surface area contributed by atoms with Crippen molar-refractivity contribution in [2.75, 3.05) is 0 Å². The van der Waals surface area contributed by atoms with Gasteiger partial charge in [-0.1, -0.05) is 22.0 Å². The fraction of sp³-hybridized carbons (Fsp3) is 0.250. The Bertz CT molecular complexity index is 387. The lowest BCUT2D eigenvalue weighted by molar-refractivity contribution is 0.0947. The molecule has 0 radical (unpaired) electrons. The van der Waals surface area contributed by atoms with Crippen LogP contribution in [0, 0.1) is 6.92 Å². The number of carbonyl (C=O) groups is 1. The molecule has 0 fully saturated rings. The van der Waals surface area contributed by atoms with E-state index in [-0.39, 0.29) is 11.9 Å². The zero-order valence-corrected chi connectivity index (χ0v) is 10.5. The molecule has 0 saturated carbocycles. The third-order valence-electron chi connectivity index (χ3n) is 2.13. The Labute approximate surface area is 98.5 Å². The first-order valence-electron chi connectivity index (χ1n) is 4.74. The van der Waals surface area contributed by atoms with Crippen LogP contribution in [0.15, 0.2) is 35.3 Å². The molecule has 0 aliphatic carbocycles. The van der Waals surface area contributed by atoms with E-state index in [1.165, 1.54) is 0 Å². The maximum Gasteiger partial charge on any atom is 0.251 e. The normalized spacial score (nSPS) is 11.9. The summed E-state index contributed by atoms with van der Waals surface area (Å²) in [7, 11) is 0. The van der Waals surface area contributed by atoms with Crippen molar-refractivity contribution < 1.29 is 4.79 Å². The van der Waals surface area contributed by atoms with E-state index in [0.29, 0.717) is 5.56 Å². The van der Waals surface area contributed by atoms with Gasteiger partial charge in [0.05, 0.1) is 0 Å². The molecule has 0 aromatic heterocycles. The lowest BCUT2D eigenvalue weighted by atomic mass is 10.1. The highest BCUT2D eigenvalue weighted by Gasteiger charge is 2.08. The number of rotatable bonds is 3. The molecule has 1 rings (SSSR count). The summed E-state index contributed by atoms with van der Waals surface area (Å²) < 4.78 is 1.01. The second-order valence-electron chi connectivity index (χ2n) is 3.46. The number of hydrogen-bond acceptors (Lipinski definition) is 1. The van der Waals surface area contributed by atoms with Crippen LogP contribution < -0.4 is 5.32 Å². The van der Waals surface area contributed by atoms with Gasteiger partial charge in [-0.25, -0.2) is 0 Å². The SMILES string of the molecule is C=CC(C)NC(=O)c1ccc(Br)c(C)c1. The minimum absolute atomic E-state index is 0.0125. The largest absolute Gasteiger partial charge is 0.346 e. The van der Waals surface area contributed by atoms with E-state index in [1.54, 1.807) is 12.1 Å². The standard InChI is InChI=1S/C12H14BrNO/c1-4-9(3)14-12(15)10-5-6-11(13)8(2)7-10/h4-7,9H,1H2,2-3H3,(H,14,15). The van der Waals surface area contributed by atoms with Gasteiger partial charge in [-0.15, -0.1) is 6.58 Å². The lowest BCUT2D eigenvalue weighted by Crippen LogP contribution is -2.30. The molecule has 0 aliphatic rings. The van der Waals surface area contributed by atoms with Gasteiger partial charge in [0.25, 0.3) is 5.91 Å². The van der Waals surface area contributed by atoms with Crippen molar-refractivity contribution >= 4 is 21.8 Å². The lowest BCUT2D eigenvalue weighted by Gasteiger charge is -2.09. The van der Waals surface area contributed by atoms with E-state index < -0.39 is 0 Å². The highest BCUT2D eigenvalue weighted by atomic mass is 79.9. The Morgan fingerprint density at radius 1 is 1.60 bits per heavy atom. The average molecular weight is 268 g/mol. The van der Waals surface area contributed by atoms with Gasteiger partial charge >= 0.3 is 0 Å². The van der Waals surface area contributed by atoms with Gasteiger partial charge in [0.15, 0.2) is 0 Å². The van der Waals surface area contributed by atoms with Gasteiger partial charge in [-0.05, 0) is 37.6 Å². The molecule has 15 heavy (non-hydrogen) atoms. The van der Waals surface area contributed by atoms with E-state index in [1.807, 2.05) is 26.0 Å². The molecule has 3 heteroatoms. The van der Waals surface area contributed by atoms with Gasteiger partial charge in [-0.3, -0.25) is 4.79 Å². The van der Waals surface area contributed by atoms with Crippen LogP contribution in [0.1, 0.15) is 22.8 Å². The Hall–Kier alpha value is -1.09. The van der Waals surface area contributed by atoms with Crippen LogP contribution in [-0.4, -0.2) is 11.9 Å². The van der Waals surface area contributed by atoms with Gasteiger partial charge in [-0.2, -0.15) is 0 Å². The summed E-state index contributed by atoms with van der Waals surface area (Å²) in [5, 5.41) is 2.82. The van der Waals surface area contributed by atoms with E-state index in [4.69, 9.17) is 0 Å². The monoisotopic (exact) mass is 267 g/mol. The molecule has 1 atom stereocenters. The molecule has 0 spiro atoms. The molecule has 0 saturated heterocycles. The third-order valence-corrected chi connectivity index (χ3v) is 3.02. The summed E-state index contributed by atoms with van der Waals surface area (Å²) in [5.74, 6) is -0.0713. The van der Waals surface area contributed by atoms with E-state index >= 15 is 0 Å². The third kappa shape index (κ3) is 3.20. The van der Waals surface area contributed by atoms with Crippen molar-refractivity contribution in [1.82, 2.24) is 5.32 Å². The fourth-order valence-corrected chi connectivity index (χ4v) is 1.38. The Morgan fingerprint density at radius 3 is 2.80 bits per heavy atom. The molecule has 1 aromatic rings. The number of halogens is 1. The first kappa shape index (κ1) is 12.0. The number of aryl methyl sites for hydroxylation is 1. The molecule has 80 valence electrons. The fourth-order valence-electron chi connectivity index (χ4n) is 1.13. The number of benzene rings is 1. The number of amides is 1. The second kappa shape index (κ2) is 5.12. The maximum absolute atomic E-state index is 11.7. The van der Waals surface area contributed by atoms with Crippen LogP contribution in [0.5, 0.6) is 0 Å².